The Morgan fingerprint density at radius 2 is 1.95 bits per heavy atom. The second-order valence-corrected chi connectivity index (χ2v) is 8.36. The van der Waals surface area contributed by atoms with Gasteiger partial charge in [-0.2, -0.15) is 4.31 Å². The molecule has 1 aliphatic heterocycles. The summed E-state index contributed by atoms with van der Waals surface area (Å²) in [5.74, 6) is 0.795. The van der Waals surface area contributed by atoms with Crippen LogP contribution in [0, 0.1) is 0 Å². The first-order chi connectivity index (χ1) is 10.6. The van der Waals surface area contributed by atoms with Crippen molar-refractivity contribution < 1.29 is 8.42 Å². The Labute approximate surface area is 134 Å². The molecule has 0 spiro atoms. The van der Waals surface area contributed by atoms with Gasteiger partial charge in [-0.1, -0.05) is 6.92 Å². The van der Waals surface area contributed by atoms with Crippen LogP contribution < -0.4 is 4.90 Å². The Morgan fingerprint density at radius 1 is 1.18 bits per heavy atom. The van der Waals surface area contributed by atoms with Crippen molar-refractivity contribution >= 4 is 27.2 Å². The van der Waals surface area contributed by atoms with Gasteiger partial charge in [0.2, 0.25) is 0 Å². The van der Waals surface area contributed by atoms with Crippen LogP contribution in [0.3, 0.4) is 0 Å². The van der Waals surface area contributed by atoms with E-state index in [2.05, 4.69) is 14.9 Å². The summed E-state index contributed by atoms with van der Waals surface area (Å²) in [6.45, 7) is 4.23. The number of aromatic nitrogens is 2. The Hall–Kier alpha value is -1.51. The van der Waals surface area contributed by atoms with E-state index in [9.17, 15) is 8.42 Å². The molecule has 0 radical (unpaired) electrons. The van der Waals surface area contributed by atoms with Gasteiger partial charge in [0, 0.05) is 43.4 Å². The molecule has 6 nitrogen and oxygen atoms in total. The maximum absolute atomic E-state index is 12.6. The number of rotatable bonds is 4. The monoisotopic (exact) mass is 338 g/mol. The quantitative estimate of drug-likeness (QED) is 0.847. The number of sulfonamides is 1. The SMILES string of the molecule is CCc1ccc(S(=O)(=O)N2CCN(c3cnccn3)CC2)s1. The lowest BCUT2D eigenvalue weighted by Gasteiger charge is -2.34. The molecule has 1 saturated heterocycles. The summed E-state index contributed by atoms with van der Waals surface area (Å²) in [5.41, 5.74) is 0. The Bertz CT molecular complexity index is 722. The summed E-state index contributed by atoms with van der Waals surface area (Å²) < 4.78 is 27.3. The van der Waals surface area contributed by atoms with E-state index in [1.54, 1.807) is 29.0 Å². The van der Waals surface area contributed by atoms with E-state index in [4.69, 9.17) is 0 Å². The number of hydrogen-bond acceptors (Lipinski definition) is 6. The molecule has 22 heavy (non-hydrogen) atoms. The summed E-state index contributed by atoms with van der Waals surface area (Å²) in [7, 11) is -3.37. The van der Waals surface area contributed by atoms with Gasteiger partial charge in [0.05, 0.1) is 6.20 Å². The molecule has 1 aliphatic rings. The molecule has 118 valence electrons. The van der Waals surface area contributed by atoms with Crippen molar-refractivity contribution in [3.8, 4) is 0 Å². The molecule has 8 heteroatoms. The standard InChI is InChI=1S/C14H18N4O2S2/c1-2-12-3-4-14(21-12)22(19,20)18-9-7-17(8-10-18)13-11-15-5-6-16-13/h3-6,11H,2,7-10H2,1H3. The molecule has 0 unspecified atom stereocenters. The number of piperazine rings is 1. The number of thiophene rings is 1. The van der Waals surface area contributed by atoms with E-state index in [1.165, 1.54) is 11.3 Å². The fourth-order valence-corrected chi connectivity index (χ4v) is 5.30. The average molecular weight is 338 g/mol. The first-order valence-corrected chi connectivity index (χ1v) is 9.46. The van der Waals surface area contributed by atoms with Crippen LogP contribution in [-0.4, -0.2) is 48.9 Å². The second-order valence-electron chi connectivity index (χ2n) is 5.03. The minimum atomic E-state index is -3.37. The van der Waals surface area contributed by atoms with Crippen LogP contribution in [-0.2, 0) is 16.4 Å². The van der Waals surface area contributed by atoms with Crippen molar-refractivity contribution in [2.45, 2.75) is 17.6 Å². The van der Waals surface area contributed by atoms with Crippen molar-refractivity contribution in [3.63, 3.8) is 0 Å². The predicted octanol–water partition coefficient (Wildman–Crippen LogP) is 1.61. The number of hydrogen-bond donors (Lipinski definition) is 0. The Morgan fingerprint density at radius 3 is 2.55 bits per heavy atom. The lowest BCUT2D eigenvalue weighted by atomic mass is 10.3. The van der Waals surface area contributed by atoms with E-state index in [0.29, 0.717) is 30.4 Å². The zero-order chi connectivity index (χ0) is 15.6. The van der Waals surface area contributed by atoms with Crippen LogP contribution in [0.4, 0.5) is 5.82 Å². The van der Waals surface area contributed by atoms with Crippen molar-refractivity contribution in [2.75, 3.05) is 31.1 Å². The van der Waals surface area contributed by atoms with Crippen LogP contribution in [0.1, 0.15) is 11.8 Å². The van der Waals surface area contributed by atoms with E-state index in [1.807, 2.05) is 13.0 Å². The minimum Gasteiger partial charge on any atom is -0.353 e. The van der Waals surface area contributed by atoms with Crippen LogP contribution in [0.5, 0.6) is 0 Å². The number of aryl methyl sites for hydroxylation is 1. The third kappa shape index (κ3) is 2.99. The lowest BCUT2D eigenvalue weighted by molar-refractivity contribution is 0.384. The summed E-state index contributed by atoms with van der Waals surface area (Å²) in [6, 6.07) is 3.61. The molecule has 0 aromatic carbocycles. The van der Waals surface area contributed by atoms with Crippen LogP contribution in [0.15, 0.2) is 34.9 Å². The first kappa shape index (κ1) is 15.4. The molecular formula is C14H18N4O2S2. The van der Waals surface area contributed by atoms with Gasteiger partial charge < -0.3 is 4.90 Å². The van der Waals surface area contributed by atoms with Gasteiger partial charge in [-0.15, -0.1) is 11.3 Å². The van der Waals surface area contributed by atoms with Gasteiger partial charge in [-0.25, -0.2) is 13.4 Å². The average Bonchev–Trinajstić information content (AvgIpc) is 3.06. The topological polar surface area (TPSA) is 66.4 Å². The Balaban J connectivity index is 1.70. The predicted molar refractivity (Wildman–Crippen MR) is 86.7 cm³/mol. The summed E-state index contributed by atoms with van der Waals surface area (Å²) in [6.07, 6.45) is 5.85. The minimum absolute atomic E-state index is 0.442. The summed E-state index contributed by atoms with van der Waals surface area (Å²) in [5, 5.41) is 0. The molecule has 0 saturated carbocycles. The second kappa shape index (κ2) is 6.31. The largest absolute Gasteiger partial charge is 0.353 e. The molecule has 2 aromatic heterocycles. The van der Waals surface area contributed by atoms with Gasteiger partial charge >= 0.3 is 0 Å². The number of anilines is 1. The van der Waals surface area contributed by atoms with Crippen molar-refractivity contribution in [1.82, 2.24) is 14.3 Å². The Kier molecular flexibility index (Phi) is 4.42. The van der Waals surface area contributed by atoms with Crippen LogP contribution >= 0.6 is 11.3 Å². The first-order valence-electron chi connectivity index (χ1n) is 7.21. The fraction of sp³-hybridized carbons (Fsp3) is 0.429. The van der Waals surface area contributed by atoms with Gasteiger partial charge in [-0.3, -0.25) is 4.98 Å². The maximum Gasteiger partial charge on any atom is 0.252 e. The summed E-state index contributed by atoms with van der Waals surface area (Å²) >= 11 is 1.37. The van der Waals surface area contributed by atoms with Gasteiger partial charge in [0.25, 0.3) is 10.0 Å². The molecule has 0 atom stereocenters. The van der Waals surface area contributed by atoms with Gasteiger partial charge in [0.15, 0.2) is 0 Å². The van der Waals surface area contributed by atoms with Crippen LogP contribution in [0.25, 0.3) is 0 Å². The third-order valence-corrected chi connectivity index (χ3v) is 7.29. The maximum atomic E-state index is 12.6. The molecule has 3 rings (SSSR count). The molecule has 2 aromatic rings. The fourth-order valence-electron chi connectivity index (χ4n) is 2.43. The van der Waals surface area contributed by atoms with Crippen LogP contribution in [0.2, 0.25) is 0 Å². The molecule has 0 aliphatic carbocycles. The molecule has 1 fully saturated rings. The summed E-state index contributed by atoms with van der Waals surface area (Å²) in [4.78, 5) is 11.5. The third-order valence-electron chi connectivity index (χ3n) is 3.69. The van der Waals surface area contributed by atoms with E-state index >= 15 is 0 Å². The zero-order valence-electron chi connectivity index (χ0n) is 12.3. The van der Waals surface area contributed by atoms with Crippen molar-refractivity contribution in [1.29, 1.82) is 0 Å². The lowest BCUT2D eigenvalue weighted by Crippen LogP contribution is -2.48. The van der Waals surface area contributed by atoms with E-state index < -0.39 is 10.0 Å². The molecule has 0 amide bonds. The van der Waals surface area contributed by atoms with Crippen molar-refractivity contribution in [3.05, 3.63) is 35.6 Å². The molecule has 3 heterocycles. The van der Waals surface area contributed by atoms with E-state index in [0.717, 1.165) is 17.1 Å². The highest BCUT2D eigenvalue weighted by atomic mass is 32.2. The smallest absolute Gasteiger partial charge is 0.252 e. The zero-order valence-corrected chi connectivity index (χ0v) is 14.0. The molecule has 0 N–H and O–H groups in total. The van der Waals surface area contributed by atoms with Gasteiger partial charge in [-0.05, 0) is 18.6 Å². The van der Waals surface area contributed by atoms with Crippen molar-refractivity contribution in [2.24, 2.45) is 0 Å². The van der Waals surface area contributed by atoms with E-state index in [-0.39, 0.29) is 0 Å². The highest BCUT2D eigenvalue weighted by Gasteiger charge is 2.29. The highest BCUT2D eigenvalue weighted by Crippen LogP contribution is 2.26. The number of nitrogens with zero attached hydrogens (tertiary/aromatic N) is 4. The highest BCUT2D eigenvalue weighted by molar-refractivity contribution is 7.91. The van der Waals surface area contributed by atoms with Gasteiger partial charge in [0.1, 0.15) is 10.0 Å². The molecular weight excluding hydrogens is 320 g/mol. The normalized spacial score (nSPS) is 16.9. The molecule has 0 bridgehead atoms.